The molecule has 6 atom stereocenters. The maximum atomic E-state index is 15.2. The molecule has 0 bridgehead atoms. The van der Waals surface area contributed by atoms with Crippen molar-refractivity contribution in [1.29, 1.82) is 0 Å². The second-order valence-corrected chi connectivity index (χ2v) is 14.8. The molecule has 2 heterocycles. The van der Waals surface area contributed by atoms with Crippen molar-refractivity contribution in [3.63, 3.8) is 0 Å². The fourth-order valence-corrected chi connectivity index (χ4v) is 9.06. The zero-order chi connectivity index (χ0) is 36.2. The molecule has 0 aromatic heterocycles. The molecule has 8 nitrogen and oxygen atoms in total. The van der Waals surface area contributed by atoms with Gasteiger partial charge >= 0.3 is 0 Å². The van der Waals surface area contributed by atoms with E-state index < -0.39 is 98.2 Å². The number of hydrogen-bond acceptors (Lipinski definition) is 6. The van der Waals surface area contributed by atoms with Gasteiger partial charge in [0, 0.05) is 9.49 Å². The summed E-state index contributed by atoms with van der Waals surface area (Å²) in [5.74, 6) is -21.7. The predicted molar refractivity (Wildman–Crippen MR) is 177 cm³/mol. The van der Waals surface area contributed by atoms with Gasteiger partial charge in [-0.3, -0.25) is 24.1 Å². The number of phenolic OH excluding ortho intramolecular Hbond substituents is 1. The monoisotopic (exact) mass is 846 g/mol. The predicted octanol–water partition coefficient (Wildman–Crippen LogP) is 6.86. The van der Waals surface area contributed by atoms with Crippen LogP contribution in [0.5, 0.6) is 11.5 Å². The molecule has 4 aliphatic rings. The smallest absolute Gasteiger partial charge is 0.258 e. The van der Waals surface area contributed by atoms with Crippen LogP contribution < -0.4 is 14.5 Å². The van der Waals surface area contributed by atoms with Crippen molar-refractivity contribution < 1.29 is 51.0 Å². The zero-order valence-electron chi connectivity index (χ0n) is 25.5. The molecule has 16 heteroatoms. The van der Waals surface area contributed by atoms with E-state index in [2.05, 4.69) is 22.6 Å². The van der Waals surface area contributed by atoms with Crippen molar-refractivity contribution in [3.05, 3.63) is 92.3 Å². The number of allylic oxidation sites excluding steroid dienone is 2. The average molecular weight is 847 g/mol. The summed E-state index contributed by atoms with van der Waals surface area (Å²) in [7, 11) is 0. The Morgan fingerprint density at radius 2 is 1.48 bits per heavy atom. The molecule has 2 aliphatic carbocycles. The molecule has 1 N–H and O–H groups in total. The van der Waals surface area contributed by atoms with Crippen LogP contribution in [0.25, 0.3) is 0 Å². The largest absolute Gasteiger partial charge is 0.504 e. The molecule has 2 saturated heterocycles. The van der Waals surface area contributed by atoms with E-state index in [0.717, 1.165) is 8.47 Å². The van der Waals surface area contributed by atoms with E-state index in [9.17, 15) is 37.5 Å². The standard InChI is InChI=1S/C34H22Cl2F5IN2O6/c1-2-50-20-11-13(3-10-19(20)45)22-16-8-9-17-21(30(47)43(29(17)46)15-6-4-14(42)5-7-15)18(16)12-33(35)31(48)44(32(49)34(22,33)36)28-26(40)24(38)23(37)25(39)27(28)41/h3-8,10-11,17-18,21-22,45H,2,9,12H2,1H3. The number of alkyl halides is 2. The van der Waals surface area contributed by atoms with Crippen LogP contribution in [-0.4, -0.2) is 45.1 Å². The van der Waals surface area contributed by atoms with Gasteiger partial charge in [-0.1, -0.05) is 17.7 Å². The maximum Gasteiger partial charge on any atom is 0.258 e. The number of hydrogen-bond donors (Lipinski definition) is 1. The number of aromatic hydroxyl groups is 1. The minimum absolute atomic E-state index is 0.0133. The highest BCUT2D eigenvalue weighted by Crippen LogP contribution is 2.66. The zero-order valence-corrected chi connectivity index (χ0v) is 29.1. The summed E-state index contributed by atoms with van der Waals surface area (Å²) >= 11 is 16.4. The topological polar surface area (TPSA) is 104 Å². The number of ether oxygens (including phenoxy) is 1. The lowest BCUT2D eigenvalue weighted by Crippen LogP contribution is -2.60. The fraction of sp³-hybridized carbons (Fsp3) is 0.294. The van der Waals surface area contributed by atoms with E-state index in [1.165, 1.54) is 18.2 Å². The van der Waals surface area contributed by atoms with Gasteiger partial charge in [-0.2, -0.15) is 0 Å². The molecule has 3 aromatic carbocycles. The Bertz CT molecular complexity index is 2060. The molecule has 6 unspecified atom stereocenters. The molecule has 3 fully saturated rings. The van der Waals surface area contributed by atoms with E-state index in [0.29, 0.717) is 5.69 Å². The molecule has 2 aliphatic heterocycles. The van der Waals surface area contributed by atoms with Gasteiger partial charge < -0.3 is 9.84 Å². The molecular formula is C34H22Cl2F5IN2O6. The van der Waals surface area contributed by atoms with E-state index in [1.54, 1.807) is 37.3 Å². The number of carbonyl (C=O) groups is 4. The van der Waals surface area contributed by atoms with Crippen molar-refractivity contribution in [1.82, 2.24) is 0 Å². The number of halogens is 8. The first-order valence-corrected chi connectivity index (χ1v) is 17.0. The normalized spacial score (nSPS) is 28.9. The van der Waals surface area contributed by atoms with Crippen LogP contribution in [0, 0.1) is 50.4 Å². The molecule has 3 aromatic rings. The summed E-state index contributed by atoms with van der Waals surface area (Å²) in [6, 6.07) is 10.4. The first-order chi connectivity index (χ1) is 23.6. The number of anilines is 2. The van der Waals surface area contributed by atoms with Crippen LogP contribution in [0.1, 0.15) is 31.2 Å². The summed E-state index contributed by atoms with van der Waals surface area (Å²) in [6.07, 6.45) is 0.945. The number of carbonyl (C=O) groups excluding carboxylic acids is 4. The lowest BCUT2D eigenvalue weighted by Gasteiger charge is -2.50. The average Bonchev–Trinajstić information content (AvgIpc) is 3.42. The SMILES string of the molecule is CCOc1cc(C2C3=CCC4C(=O)N(c5ccc(I)cc5)C(=O)C4C3CC3(Cl)C(=O)N(c4c(F)c(F)c(F)c(F)c4F)C(=O)C23Cl)ccc1O. The highest BCUT2D eigenvalue weighted by atomic mass is 127. The Morgan fingerprint density at radius 1 is 0.860 bits per heavy atom. The number of rotatable bonds is 5. The number of amides is 4. The van der Waals surface area contributed by atoms with E-state index in [4.69, 9.17) is 27.9 Å². The molecule has 260 valence electrons. The Hall–Kier alpha value is -3.76. The minimum atomic E-state index is -2.69. The van der Waals surface area contributed by atoms with Crippen LogP contribution in [0.2, 0.25) is 0 Å². The molecule has 1 saturated carbocycles. The van der Waals surface area contributed by atoms with Gasteiger partial charge in [0.25, 0.3) is 11.8 Å². The van der Waals surface area contributed by atoms with Gasteiger partial charge in [-0.05, 0) is 90.2 Å². The van der Waals surface area contributed by atoms with Gasteiger partial charge in [-0.25, -0.2) is 26.9 Å². The van der Waals surface area contributed by atoms with Gasteiger partial charge in [0.15, 0.2) is 44.5 Å². The summed E-state index contributed by atoms with van der Waals surface area (Å²) in [5, 5.41) is 10.5. The van der Waals surface area contributed by atoms with Crippen LogP contribution in [0.4, 0.5) is 33.3 Å². The minimum Gasteiger partial charge on any atom is -0.504 e. The number of fused-ring (bicyclic) bond motifs is 4. The van der Waals surface area contributed by atoms with Crippen molar-refractivity contribution in [2.24, 2.45) is 17.8 Å². The Labute approximate surface area is 303 Å². The van der Waals surface area contributed by atoms with E-state index in [1.807, 2.05) is 0 Å². The Kier molecular flexibility index (Phi) is 8.26. The quantitative estimate of drug-likeness (QED) is 0.0573. The van der Waals surface area contributed by atoms with Crippen molar-refractivity contribution in [2.45, 2.75) is 35.4 Å². The molecule has 0 spiro atoms. The van der Waals surface area contributed by atoms with Crippen molar-refractivity contribution in [2.75, 3.05) is 16.4 Å². The lowest BCUT2D eigenvalue weighted by molar-refractivity contribution is -0.125. The number of nitrogens with zero attached hydrogens (tertiary/aromatic N) is 2. The Balaban J connectivity index is 1.44. The first-order valence-electron chi connectivity index (χ1n) is 15.2. The third kappa shape index (κ3) is 4.52. The molecule has 50 heavy (non-hydrogen) atoms. The van der Waals surface area contributed by atoms with Gasteiger partial charge in [0.2, 0.25) is 17.6 Å². The summed E-state index contributed by atoms with van der Waals surface area (Å²) in [4.78, 5) is 52.1. The lowest BCUT2D eigenvalue weighted by atomic mass is 9.56. The number of phenols is 1. The highest BCUT2D eigenvalue weighted by Gasteiger charge is 2.77. The van der Waals surface area contributed by atoms with Crippen LogP contribution in [-0.2, 0) is 19.2 Å². The summed E-state index contributed by atoms with van der Waals surface area (Å²) in [5.41, 5.74) is -1.19. The van der Waals surface area contributed by atoms with E-state index >= 15 is 8.78 Å². The van der Waals surface area contributed by atoms with Crippen molar-refractivity contribution in [3.8, 4) is 11.5 Å². The number of imide groups is 2. The second-order valence-electron chi connectivity index (χ2n) is 12.3. The maximum absolute atomic E-state index is 15.2. The molecule has 0 radical (unpaired) electrons. The first kappa shape index (κ1) is 34.7. The molecule has 4 amide bonds. The Morgan fingerprint density at radius 3 is 2.10 bits per heavy atom. The van der Waals surface area contributed by atoms with Crippen LogP contribution >= 0.6 is 45.8 Å². The summed E-state index contributed by atoms with van der Waals surface area (Å²) in [6.45, 7) is 1.71. The highest BCUT2D eigenvalue weighted by molar-refractivity contribution is 14.1. The third-order valence-electron chi connectivity index (χ3n) is 9.92. The van der Waals surface area contributed by atoms with Crippen molar-refractivity contribution >= 4 is 80.8 Å². The van der Waals surface area contributed by atoms with Gasteiger partial charge in [0.1, 0.15) is 5.69 Å². The number of benzene rings is 3. The molecular weight excluding hydrogens is 825 g/mol. The van der Waals surface area contributed by atoms with Gasteiger partial charge in [-0.15, -0.1) is 23.2 Å². The summed E-state index contributed by atoms with van der Waals surface area (Å²) < 4.78 is 79.7. The third-order valence-corrected chi connectivity index (χ3v) is 12.1. The fourth-order valence-electron chi connectivity index (χ4n) is 7.77. The van der Waals surface area contributed by atoms with Crippen LogP contribution in [0.3, 0.4) is 0 Å². The van der Waals surface area contributed by atoms with Gasteiger partial charge in [0.05, 0.1) is 24.1 Å². The van der Waals surface area contributed by atoms with E-state index in [-0.39, 0.29) is 40.6 Å². The van der Waals surface area contributed by atoms with Crippen LogP contribution in [0.15, 0.2) is 54.1 Å². The second kappa shape index (κ2) is 11.9. The molecule has 7 rings (SSSR count).